The normalized spacial score (nSPS) is 15.3. The predicted octanol–water partition coefficient (Wildman–Crippen LogP) is 2.39. The van der Waals surface area contributed by atoms with Crippen molar-refractivity contribution in [2.24, 2.45) is 5.92 Å². The zero-order chi connectivity index (χ0) is 9.68. The minimum atomic E-state index is 0.381. The summed E-state index contributed by atoms with van der Waals surface area (Å²) in [5, 5.41) is 3.31. The van der Waals surface area contributed by atoms with Crippen LogP contribution in [0.3, 0.4) is 0 Å². The van der Waals surface area contributed by atoms with E-state index < -0.39 is 0 Å². The van der Waals surface area contributed by atoms with E-state index in [2.05, 4.69) is 30.2 Å². The molecule has 1 rings (SSSR count). The zero-order valence-corrected chi connectivity index (χ0v) is 8.62. The highest BCUT2D eigenvalue weighted by Crippen LogP contribution is 2.21. The van der Waals surface area contributed by atoms with Gasteiger partial charge in [0.2, 0.25) is 0 Å². The first-order valence-electron chi connectivity index (χ1n) is 4.87. The molecule has 2 heteroatoms. The van der Waals surface area contributed by atoms with Gasteiger partial charge in [0.15, 0.2) is 0 Å². The first-order chi connectivity index (χ1) is 6.29. The van der Waals surface area contributed by atoms with E-state index in [4.69, 9.17) is 0 Å². The van der Waals surface area contributed by atoms with E-state index in [0.29, 0.717) is 12.0 Å². The second kappa shape index (κ2) is 4.97. The van der Waals surface area contributed by atoms with Crippen LogP contribution in [0.2, 0.25) is 0 Å². The average molecular weight is 178 g/mol. The SMILES string of the molecule is CCC(C)[C@H](NC)c1ccccn1. The standard InChI is InChI=1S/C11H18N2/c1-4-9(2)11(12-3)10-7-5-6-8-13-10/h5-9,11-12H,4H2,1-3H3/t9?,11-/m0/s1. The molecule has 0 aliphatic heterocycles. The Balaban J connectivity index is 2.78. The summed E-state index contributed by atoms with van der Waals surface area (Å²) in [6.45, 7) is 4.45. The Morgan fingerprint density at radius 2 is 2.23 bits per heavy atom. The van der Waals surface area contributed by atoms with Gasteiger partial charge in [-0.25, -0.2) is 0 Å². The lowest BCUT2D eigenvalue weighted by Crippen LogP contribution is -2.23. The predicted molar refractivity (Wildman–Crippen MR) is 55.5 cm³/mol. The van der Waals surface area contributed by atoms with Crippen LogP contribution in [0.25, 0.3) is 0 Å². The summed E-state index contributed by atoms with van der Waals surface area (Å²) < 4.78 is 0. The molecule has 0 bridgehead atoms. The molecule has 13 heavy (non-hydrogen) atoms. The molecule has 0 saturated heterocycles. The Bertz CT molecular complexity index is 233. The number of hydrogen-bond acceptors (Lipinski definition) is 2. The molecule has 2 atom stereocenters. The second-order valence-electron chi connectivity index (χ2n) is 3.41. The number of aromatic nitrogens is 1. The van der Waals surface area contributed by atoms with Gasteiger partial charge in [0.05, 0.1) is 11.7 Å². The fourth-order valence-corrected chi connectivity index (χ4v) is 1.52. The van der Waals surface area contributed by atoms with Crippen molar-refractivity contribution in [3.05, 3.63) is 30.1 Å². The molecule has 0 amide bonds. The third kappa shape index (κ3) is 2.52. The summed E-state index contributed by atoms with van der Waals surface area (Å²) in [5.41, 5.74) is 1.14. The summed E-state index contributed by atoms with van der Waals surface area (Å²) in [6, 6.07) is 6.45. The van der Waals surface area contributed by atoms with Crippen molar-refractivity contribution in [1.82, 2.24) is 10.3 Å². The van der Waals surface area contributed by atoms with Gasteiger partial charge in [0.1, 0.15) is 0 Å². The van der Waals surface area contributed by atoms with Crippen molar-refractivity contribution in [1.29, 1.82) is 0 Å². The maximum Gasteiger partial charge on any atom is 0.0575 e. The zero-order valence-electron chi connectivity index (χ0n) is 8.62. The molecule has 0 aliphatic rings. The minimum absolute atomic E-state index is 0.381. The molecule has 1 heterocycles. The van der Waals surface area contributed by atoms with Crippen molar-refractivity contribution < 1.29 is 0 Å². The van der Waals surface area contributed by atoms with Gasteiger partial charge in [-0.3, -0.25) is 4.98 Å². The van der Waals surface area contributed by atoms with E-state index in [-0.39, 0.29) is 0 Å². The van der Waals surface area contributed by atoms with Gasteiger partial charge >= 0.3 is 0 Å². The van der Waals surface area contributed by atoms with Crippen LogP contribution in [0.15, 0.2) is 24.4 Å². The van der Waals surface area contributed by atoms with Crippen molar-refractivity contribution in [2.75, 3.05) is 7.05 Å². The van der Waals surface area contributed by atoms with Crippen LogP contribution in [-0.4, -0.2) is 12.0 Å². The highest BCUT2D eigenvalue weighted by Gasteiger charge is 2.16. The molecule has 0 saturated carbocycles. The largest absolute Gasteiger partial charge is 0.311 e. The molecule has 0 aromatic carbocycles. The summed E-state index contributed by atoms with van der Waals surface area (Å²) in [7, 11) is 1.99. The Morgan fingerprint density at radius 3 is 2.69 bits per heavy atom. The van der Waals surface area contributed by atoms with Gasteiger partial charge in [-0.1, -0.05) is 26.3 Å². The monoisotopic (exact) mass is 178 g/mol. The van der Waals surface area contributed by atoms with Gasteiger partial charge in [-0.05, 0) is 25.1 Å². The van der Waals surface area contributed by atoms with Crippen LogP contribution in [-0.2, 0) is 0 Å². The lowest BCUT2D eigenvalue weighted by molar-refractivity contribution is 0.393. The number of nitrogens with zero attached hydrogens (tertiary/aromatic N) is 1. The molecule has 0 radical (unpaired) electrons. The van der Waals surface area contributed by atoms with Crippen molar-refractivity contribution >= 4 is 0 Å². The van der Waals surface area contributed by atoms with E-state index in [1.54, 1.807) is 0 Å². The van der Waals surface area contributed by atoms with Crippen LogP contribution < -0.4 is 5.32 Å². The highest BCUT2D eigenvalue weighted by molar-refractivity contribution is 5.09. The van der Waals surface area contributed by atoms with Crippen molar-refractivity contribution in [3.8, 4) is 0 Å². The van der Waals surface area contributed by atoms with E-state index in [1.165, 1.54) is 6.42 Å². The Kier molecular flexibility index (Phi) is 3.90. The van der Waals surface area contributed by atoms with E-state index in [1.807, 2.05) is 25.4 Å². The van der Waals surface area contributed by atoms with Gasteiger partial charge in [-0.2, -0.15) is 0 Å². The van der Waals surface area contributed by atoms with Crippen molar-refractivity contribution in [3.63, 3.8) is 0 Å². The third-order valence-corrected chi connectivity index (χ3v) is 2.53. The molecule has 1 aromatic rings. The fourth-order valence-electron chi connectivity index (χ4n) is 1.52. The smallest absolute Gasteiger partial charge is 0.0575 e. The first-order valence-corrected chi connectivity index (χ1v) is 4.87. The molecule has 1 unspecified atom stereocenters. The Hall–Kier alpha value is -0.890. The lowest BCUT2D eigenvalue weighted by Gasteiger charge is -2.21. The molecule has 0 fully saturated rings. The Labute approximate surface area is 80.4 Å². The molecule has 0 spiro atoms. The summed E-state index contributed by atoms with van der Waals surface area (Å²) in [6.07, 6.45) is 3.02. The van der Waals surface area contributed by atoms with Crippen LogP contribution in [0.4, 0.5) is 0 Å². The van der Waals surface area contributed by atoms with Gasteiger partial charge in [0, 0.05) is 6.20 Å². The average Bonchev–Trinajstić information content (AvgIpc) is 2.20. The molecule has 1 N–H and O–H groups in total. The summed E-state index contributed by atoms with van der Waals surface area (Å²) in [5.74, 6) is 0.625. The van der Waals surface area contributed by atoms with Gasteiger partial charge < -0.3 is 5.32 Å². The van der Waals surface area contributed by atoms with Crippen LogP contribution in [0.1, 0.15) is 32.0 Å². The molecular formula is C11H18N2. The number of rotatable bonds is 4. The van der Waals surface area contributed by atoms with Crippen LogP contribution in [0, 0.1) is 5.92 Å². The molecule has 1 aromatic heterocycles. The number of pyridine rings is 1. The quantitative estimate of drug-likeness (QED) is 0.765. The molecule has 0 aliphatic carbocycles. The highest BCUT2D eigenvalue weighted by atomic mass is 14.9. The summed E-state index contributed by atoms with van der Waals surface area (Å²) >= 11 is 0. The van der Waals surface area contributed by atoms with Crippen molar-refractivity contribution in [2.45, 2.75) is 26.3 Å². The van der Waals surface area contributed by atoms with Crippen LogP contribution in [0.5, 0.6) is 0 Å². The first kappa shape index (κ1) is 10.2. The lowest BCUT2D eigenvalue weighted by atomic mass is 9.96. The maximum absolute atomic E-state index is 4.36. The number of nitrogens with one attached hydrogen (secondary N) is 1. The van der Waals surface area contributed by atoms with Gasteiger partial charge in [-0.15, -0.1) is 0 Å². The second-order valence-corrected chi connectivity index (χ2v) is 3.41. The summed E-state index contributed by atoms with van der Waals surface area (Å²) in [4.78, 5) is 4.36. The molecular weight excluding hydrogens is 160 g/mol. The van der Waals surface area contributed by atoms with E-state index in [0.717, 1.165) is 5.69 Å². The fraction of sp³-hybridized carbons (Fsp3) is 0.545. The molecule has 2 nitrogen and oxygen atoms in total. The topological polar surface area (TPSA) is 24.9 Å². The number of hydrogen-bond donors (Lipinski definition) is 1. The maximum atomic E-state index is 4.36. The molecule has 72 valence electrons. The Morgan fingerprint density at radius 1 is 1.46 bits per heavy atom. The van der Waals surface area contributed by atoms with Crippen LogP contribution >= 0.6 is 0 Å². The van der Waals surface area contributed by atoms with E-state index in [9.17, 15) is 0 Å². The van der Waals surface area contributed by atoms with Gasteiger partial charge in [0.25, 0.3) is 0 Å². The third-order valence-electron chi connectivity index (χ3n) is 2.53. The minimum Gasteiger partial charge on any atom is -0.311 e. The van der Waals surface area contributed by atoms with E-state index >= 15 is 0 Å².